The monoisotopic (exact) mass is 525 g/mol. The van der Waals surface area contributed by atoms with E-state index in [9.17, 15) is 4.79 Å². The predicted octanol–water partition coefficient (Wildman–Crippen LogP) is 5.16. The van der Waals surface area contributed by atoms with E-state index in [1.54, 1.807) is 6.21 Å². The van der Waals surface area contributed by atoms with Crippen molar-refractivity contribution in [2.24, 2.45) is 10.7 Å². The first-order valence-electron chi connectivity index (χ1n) is 12.8. The highest BCUT2D eigenvalue weighted by molar-refractivity contribution is 6.30. The zero-order valence-electron chi connectivity index (χ0n) is 22.3. The Balaban J connectivity index is 1.78. The van der Waals surface area contributed by atoms with Crippen molar-refractivity contribution in [2.75, 3.05) is 13.1 Å². The largest absolute Gasteiger partial charge is 0.444 e. The van der Waals surface area contributed by atoms with Crippen molar-refractivity contribution in [3.63, 3.8) is 0 Å². The molecule has 0 bridgehead atoms. The van der Waals surface area contributed by atoms with E-state index in [4.69, 9.17) is 22.1 Å². The minimum Gasteiger partial charge on any atom is -0.444 e. The van der Waals surface area contributed by atoms with Gasteiger partial charge in [-0.3, -0.25) is 10.2 Å². The normalized spacial score (nSPS) is 19.8. The van der Waals surface area contributed by atoms with Gasteiger partial charge in [0, 0.05) is 31.4 Å². The van der Waals surface area contributed by atoms with Crippen LogP contribution in [0.5, 0.6) is 0 Å². The van der Waals surface area contributed by atoms with Gasteiger partial charge in [0.25, 0.3) is 0 Å². The standard InChI is InChI=1S/C29H40ClN5O2/c1-22-26(30)33-19-25(31)29(22,34-18-12-11-17-32-27(36)37-28(2,3)4)35(20-23-13-7-5-8-14-23)21-24-15-9-6-10-16-24/h5-10,13-16,19,25,34H,11-12,17-18,20-21,31H2,1-4H3,(H,32,36). The Morgan fingerprint density at radius 3 is 2.11 bits per heavy atom. The maximum Gasteiger partial charge on any atom is 0.407 e. The van der Waals surface area contributed by atoms with Crippen molar-refractivity contribution >= 4 is 23.9 Å². The zero-order valence-corrected chi connectivity index (χ0v) is 23.1. The van der Waals surface area contributed by atoms with Gasteiger partial charge < -0.3 is 15.8 Å². The Kier molecular flexibility index (Phi) is 10.3. The smallest absolute Gasteiger partial charge is 0.407 e. The molecule has 2 atom stereocenters. The van der Waals surface area contributed by atoms with Crippen LogP contribution in [0.4, 0.5) is 4.79 Å². The van der Waals surface area contributed by atoms with Gasteiger partial charge in [-0.15, -0.1) is 0 Å². The van der Waals surface area contributed by atoms with Crippen molar-refractivity contribution in [3.05, 3.63) is 82.5 Å². The van der Waals surface area contributed by atoms with Gasteiger partial charge in [-0.05, 0) is 58.2 Å². The molecule has 2 aromatic rings. The highest BCUT2D eigenvalue weighted by Crippen LogP contribution is 2.34. The summed E-state index contributed by atoms with van der Waals surface area (Å²) in [5.74, 6) is 0. The van der Waals surface area contributed by atoms with Crippen LogP contribution in [0.3, 0.4) is 0 Å². The van der Waals surface area contributed by atoms with Gasteiger partial charge in [0.2, 0.25) is 0 Å². The summed E-state index contributed by atoms with van der Waals surface area (Å²) < 4.78 is 5.32. The molecule has 0 aromatic heterocycles. The lowest BCUT2D eigenvalue weighted by Crippen LogP contribution is -2.70. The summed E-state index contributed by atoms with van der Waals surface area (Å²) in [5.41, 5.74) is 8.80. The minimum absolute atomic E-state index is 0.398. The van der Waals surface area contributed by atoms with E-state index in [1.165, 1.54) is 11.1 Å². The van der Waals surface area contributed by atoms with Crippen molar-refractivity contribution in [3.8, 4) is 0 Å². The number of unbranched alkanes of at least 4 members (excludes halogenated alkanes) is 1. The summed E-state index contributed by atoms with van der Waals surface area (Å²) in [5, 5.41) is 7.03. The van der Waals surface area contributed by atoms with Crippen LogP contribution in [-0.2, 0) is 17.8 Å². The molecule has 3 rings (SSSR count). The van der Waals surface area contributed by atoms with E-state index >= 15 is 0 Å². The number of halogens is 1. The van der Waals surface area contributed by atoms with Gasteiger partial charge in [0.1, 0.15) is 16.4 Å². The highest BCUT2D eigenvalue weighted by Gasteiger charge is 2.46. The maximum absolute atomic E-state index is 11.9. The SMILES string of the molecule is CC1=C(Cl)N=CC(N)C1(NCCCCNC(=O)OC(C)(C)C)N(Cc1ccccc1)Cc1ccccc1. The van der Waals surface area contributed by atoms with E-state index in [0.717, 1.165) is 18.4 Å². The number of benzene rings is 2. The number of aliphatic imine (C=N–C) groups is 1. The number of nitrogens with one attached hydrogen (secondary N) is 2. The first-order valence-corrected chi connectivity index (χ1v) is 13.2. The van der Waals surface area contributed by atoms with Gasteiger partial charge >= 0.3 is 6.09 Å². The Hall–Kier alpha value is -2.71. The third-order valence-corrected chi connectivity index (χ3v) is 6.69. The van der Waals surface area contributed by atoms with E-state index < -0.39 is 23.4 Å². The molecule has 37 heavy (non-hydrogen) atoms. The van der Waals surface area contributed by atoms with E-state index in [1.807, 2.05) is 64.1 Å². The molecule has 7 nitrogen and oxygen atoms in total. The Bertz CT molecular complexity index is 1030. The number of hydrogen-bond donors (Lipinski definition) is 3. The molecule has 0 fully saturated rings. The number of amides is 1. The number of nitrogens with zero attached hydrogens (tertiary/aromatic N) is 2. The predicted molar refractivity (Wildman–Crippen MR) is 151 cm³/mol. The molecule has 200 valence electrons. The maximum atomic E-state index is 11.9. The van der Waals surface area contributed by atoms with Crippen molar-refractivity contribution in [1.82, 2.24) is 15.5 Å². The van der Waals surface area contributed by atoms with Crippen LogP contribution in [0, 0.1) is 0 Å². The van der Waals surface area contributed by atoms with Gasteiger partial charge in [0.15, 0.2) is 0 Å². The highest BCUT2D eigenvalue weighted by atomic mass is 35.5. The molecule has 2 unspecified atom stereocenters. The third-order valence-electron chi connectivity index (χ3n) is 6.31. The molecule has 1 heterocycles. The quantitative estimate of drug-likeness (QED) is 0.214. The lowest BCUT2D eigenvalue weighted by atomic mass is 9.88. The number of hydrogen-bond acceptors (Lipinski definition) is 6. The van der Waals surface area contributed by atoms with Crippen LogP contribution in [-0.4, -0.2) is 47.6 Å². The fourth-order valence-corrected chi connectivity index (χ4v) is 4.71. The topological polar surface area (TPSA) is 92.0 Å². The van der Waals surface area contributed by atoms with Crippen molar-refractivity contribution < 1.29 is 9.53 Å². The van der Waals surface area contributed by atoms with E-state index in [2.05, 4.69) is 44.8 Å². The molecule has 0 saturated carbocycles. The fourth-order valence-electron chi connectivity index (χ4n) is 4.51. The molecule has 2 aromatic carbocycles. The number of carbonyl (C=O) groups excluding carboxylic acids is 1. The Morgan fingerprint density at radius 1 is 1.03 bits per heavy atom. The Labute approximate surface area is 226 Å². The second-order valence-corrected chi connectivity index (χ2v) is 10.7. The summed E-state index contributed by atoms with van der Waals surface area (Å²) in [6, 6.07) is 20.3. The minimum atomic E-state index is -0.733. The van der Waals surface area contributed by atoms with Gasteiger partial charge in [-0.2, -0.15) is 0 Å². The molecular weight excluding hydrogens is 486 g/mol. The molecule has 0 spiro atoms. The van der Waals surface area contributed by atoms with Gasteiger partial charge in [-0.25, -0.2) is 9.79 Å². The van der Waals surface area contributed by atoms with Crippen LogP contribution in [0.2, 0.25) is 0 Å². The molecule has 1 aliphatic heterocycles. The van der Waals surface area contributed by atoms with Crippen LogP contribution >= 0.6 is 11.6 Å². The van der Waals surface area contributed by atoms with E-state index in [0.29, 0.717) is 31.3 Å². The molecule has 1 amide bonds. The number of ether oxygens (including phenoxy) is 1. The summed E-state index contributed by atoms with van der Waals surface area (Å²) in [6.45, 7) is 10.1. The second-order valence-electron chi connectivity index (χ2n) is 10.4. The van der Waals surface area contributed by atoms with Crippen LogP contribution in [0.15, 0.2) is 76.4 Å². The lowest BCUT2D eigenvalue weighted by molar-refractivity contribution is 0.0524. The van der Waals surface area contributed by atoms with Crippen LogP contribution in [0.25, 0.3) is 0 Å². The molecular formula is C29H40ClN5O2. The molecule has 0 saturated heterocycles. The molecule has 0 aliphatic carbocycles. The van der Waals surface area contributed by atoms with Crippen LogP contribution < -0.4 is 16.4 Å². The third kappa shape index (κ3) is 8.14. The molecule has 1 aliphatic rings. The van der Waals surface area contributed by atoms with Crippen molar-refractivity contribution in [1.29, 1.82) is 0 Å². The van der Waals surface area contributed by atoms with Crippen molar-refractivity contribution in [2.45, 2.75) is 70.9 Å². The molecule has 8 heteroatoms. The number of carbonyl (C=O) groups is 1. The zero-order chi connectivity index (χ0) is 26.9. The lowest BCUT2D eigenvalue weighted by Gasteiger charge is -2.49. The molecule has 4 N–H and O–H groups in total. The summed E-state index contributed by atoms with van der Waals surface area (Å²) in [7, 11) is 0. The average Bonchev–Trinajstić information content (AvgIpc) is 2.85. The van der Waals surface area contributed by atoms with E-state index in [-0.39, 0.29) is 0 Å². The van der Waals surface area contributed by atoms with Gasteiger partial charge in [0.05, 0.1) is 6.04 Å². The summed E-state index contributed by atoms with van der Waals surface area (Å²) in [4.78, 5) is 18.6. The molecule has 0 radical (unpaired) electrons. The number of alkyl carbamates (subject to hydrolysis) is 1. The van der Waals surface area contributed by atoms with Gasteiger partial charge in [-0.1, -0.05) is 72.3 Å². The van der Waals surface area contributed by atoms with Crippen LogP contribution in [0.1, 0.15) is 51.7 Å². The summed E-state index contributed by atoms with van der Waals surface area (Å²) in [6.07, 6.45) is 2.95. The Morgan fingerprint density at radius 2 is 1.57 bits per heavy atom. The number of rotatable bonds is 11. The summed E-state index contributed by atoms with van der Waals surface area (Å²) >= 11 is 6.61. The first kappa shape index (κ1) is 28.9. The average molecular weight is 526 g/mol. The fraction of sp³-hybridized carbons (Fsp3) is 0.448. The first-order chi connectivity index (χ1) is 17.6. The second kappa shape index (κ2) is 13.2. The number of nitrogens with two attached hydrogens (primary N) is 1.